The zero-order valence-corrected chi connectivity index (χ0v) is 16.3. The number of methoxy groups -OCH3 is 1. The van der Waals surface area contributed by atoms with Crippen LogP contribution < -0.4 is 11.3 Å². The normalized spacial score (nSPS) is 21.2. The van der Waals surface area contributed by atoms with Crippen molar-refractivity contribution in [2.24, 2.45) is 11.7 Å². The first-order valence-corrected chi connectivity index (χ1v) is 9.72. The predicted molar refractivity (Wildman–Crippen MR) is 106 cm³/mol. The monoisotopic (exact) mass is 396 g/mol. The van der Waals surface area contributed by atoms with Gasteiger partial charge in [-0.15, -0.1) is 0 Å². The number of carbonyl (C=O) groups excluding carboxylic acids is 2. The van der Waals surface area contributed by atoms with Gasteiger partial charge in [0.2, 0.25) is 5.91 Å². The Morgan fingerprint density at radius 3 is 2.83 bits per heavy atom. The number of fused-ring (bicyclic) bond motifs is 4. The zero-order valence-electron chi connectivity index (χ0n) is 16.3. The van der Waals surface area contributed by atoms with E-state index in [1.165, 1.54) is 7.11 Å². The summed E-state index contributed by atoms with van der Waals surface area (Å²) in [4.78, 5) is 42.9. The summed E-state index contributed by atoms with van der Waals surface area (Å²) < 4.78 is 6.44. The van der Waals surface area contributed by atoms with Crippen LogP contribution in [0.4, 0.5) is 0 Å². The first-order chi connectivity index (χ1) is 14.0. The van der Waals surface area contributed by atoms with Crippen LogP contribution in [0.25, 0.3) is 11.1 Å². The van der Waals surface area contributed by atoms with Crippen LogP contribution in [-0.4, -0.2) is 52.6 Å². The third kappa shape index (κ3) is 3.80. The van der Waals surface area contributed by atoms with E-state index in [4.69, 9.17) is 5.73 Å². The lowest BCUT2D eigenvalue weighted by atomic mass is 9.82. The van der Waals surface area contributed by atoms with Gasteiger partial charge in [0.05, 0.1) is 19.6 Å². The van der Waals surface area contributed by atoms with Crippen molar-refractivity contribution in [3.63, 3.8) is 0 Å². The smallest absolute Gasteiger partial charge is 0.307 e. The summed E-state index contributed by atoms with van der Waals surface area (Å²) in [5.74, 6) is -0.496. The molecule has 0 radical (unpaired) electrons. The van der Waals surface area contributed by atoms with Crippen LogP contribution in [0.3, 0.4) is 0 Å². The number of rotatable bonds is 4. The molecule has 3 atom stereocenters. The average molecular weight is 396 g/mol. The molecule has 0 saturated carbocycles. The molecular weight excluding hydrogens is 372 g/mol. The molecule has 8 heteroatoms. The number of hydrogen-bond acceptors (Lipinski definition) is 6. The predicted octanol–water partition coefficient (Wildman–Crippen LogP) is 0.746. The van der Waals surface area contributed by atoms with Gasteiger partial charge >= 0.3 is 5.97 Å². The molecule has 0 aromatic carbocycles. The number of nitrogens with zero attached hydrogens (tertiary/aromatic N) is 3. The summed E-state index contributed by atoms with van der Waals surface area (Å²) in [6.45, 7) is 1.61. The van der Waals surface area contributed by atoms with Crippen LogP contribution in [0.15, 0.2) is 41.5 Å². The summed E-state index contributed by atoms with van der Waals surface area (Å²) in [7, 11) is 1.28. The standard InChI is InChI=1S/C21H24N4O4/c1-29-20(27)8-17(22)21(28)24-10-13-5-16(12-24)18-6-15(7-19(26)25(18)11-13)14-3-2-4-23-9-14/h2-4,6-7,9,13,16-17H,5,8,10-12,22H2,1H3/t13-,16+,17-/m0/s1. The maximum Gasteiger partial charge on any atom is 0.307 e. The Bertz CT molecular complexity index is 988. The maximum absolute atomic E-state index is 12.8. The molecule has 0 aliphatic carbocycles. The van der Waals surface area contributed by atoms with Gasteiger partial charge in [0, 0.05) is 55.3 Å². The van der Waals surface area contributed by atoms with Crippen LogP contribution in [0.1, 0.15) is 24.5 Å². The lowest BCUT2D eigenvalue weighted by molar-refractivity contribution is -0.145. The van der Waals surface area contributed by atoms with Crippen molar-refractivity contribution in [1.29, 1.82) is 0 Å². The minimum absolute atomic E-state index is 0.0294. The van der Waals surface area contributed by atoms with Gasteiger partial charge in [-0.1, -0.05) is 6.07 Å². The Hall–Kier alpha value is -3.00. The Morgan fingerprint density at radius 1 is 1.28 bits per heavy atom. The minimum atomic E-state index is -0.912. The number of carbonyl (C=O) groups is 2. The highest BCUT2D eigenvalue weighted by molar-refractivity contribution is 5.86. The molecule has 1 amide bonds. The van der Waals surface area contributed by atoms with E-state index < -0.39 is 12.0 Å². The van der Waals surface area contributed by atoms with Crippen molar-refractivity contribution >= 4 is 11.9 Å². The molecule has 2 aliphatic heterocycles. The molecule has 4 heterocycles. The number of amides is 1. The largest absolute Gasteiger partial charge is 0.469 e. The second kappa shape index (κ2) is 7.79. The topological polar surface area (TPSA) is 108 Å². The molecule has 4 rings (SSSR count). The Morgan fingerprint density at radius 2 is 2.10 bits per heavy atom. The number of piperidine rings is 1. The minimum Gasteiger partial charge on any atom is -0.469 e. The van der Waals surface area contributed by atoms with Gasteiger partial charge in [-0.3, -0.25) is 19.4 Å². The van der Waals surface area contributed by atoms with Crippen LogP contribution in [0.2, 0.25) is 0 Å². The molecule has 2 aromatic heterocycles. The van der Waals surface area contributed by atoms with E-state index in [0.717, 1.165) is 23.2 Å². The number of aromatic nitrogens is 2. The van der Waals surface area contributed by atoms with Gasteiger partial charge in [-0.2, -0.15) is 0 Å². The number of nitrogens with two attached hydrogens (primary N) is 1. The summed E-state index contributed by atoms with van der Waals surface area (Å²) in [6, 6.07) is 6.53. The molecule has 0 unspecified atom stereocenters. The molecule has 29 heavy (non-hydrogen) atoms. The lowest BCUT2D eigenvalue weighted by Gasteiger charge is -2.43. The van der Waals surface area contributed by atoms with Gasteiger partial charge in [0.1, 0.15) is 0 Å². The SMILES string of the molecule is COC(=O)C[C@H](N)C(=O)N1C[C@@H]2C[C@H](C1)c1cc(-c3cccnc3)cc(=O)n1C2. The number of hydrogen-bond donors (Lipinski definition) is 1. The molecular formula is C21H24N4O4. The van der Waals surface area contributed by atoms with Crippen molar-refractivity contribution in [3.8, 4) is 11.1 Å². The van der Waals surface area contributed by atoms with E-state index in [-0.39, 0.29) is 29.7 Å². The number of likely N-dealkylation sites (tertiary alicyclic amines) is 1. The first-order valence-electron chi connectivity index (χ1n) is 9.72. The molecule has 2 N–H and O–H groups in total. The van der Waals surface area contributed by atoms with Crippen molar-refractivity contribution in [2.45, 2.75) is 31.3 Å². The molecule has 8 nitrogen and oxygen atoms in total. The van der Waals surface area contributed by atoms with Crippen molar-refractivity contribution in [3.05, 3.63) is 52.7 Å². The molecule has 152 valence electrons. The highest BCUT2D eigenvalue weighted by Gasteiger charge is 2.38. The molecule has 1 saturated heterocycles. The second-order valence-corrected chi connectivity index (χ2v) is 7.79. The van der Waals surface area contributed by atoms with Crippen molar-refractivity contribution in [2.75, 3.05) is 20.2 Å². The van der Waals surface area contributed by atoms with Crippen LogP contribution in [0.5, 0.6) is 0 Å². The van der Waals surface area contributed by atoms with Gasteiger partial charge in [0.25, 0.3) is 5.56 Å². The maximum atomic E-state index is 12.8. The summed E-state index contributed by atoms with van der Waals surface area (Å²) >= 11 is 0. The molecule has 1 fully saturated rings. The highest BCUT2D eigenvalue weighted by atomic mass is 16.5. The summed E-state index contributed by atoms with van der Waals surface area (Å²) in [5, 5.41) is 0. The second-order valence-electron chi connectivity index (χ2n) is 7.79. The van der Waals surface area contributed by atoms with E-state index in [2.05, 4.69) is 9.72 Å². The van der Waals surface area contributed by atoms with Gasteiger partial charge in [-0.05, 0) is 30.0 Å². The Labute approximate surface area is 168 Å². The van der Waals surface area contributed by atoms with Gasteiger partial charge in [0.15, 0.2) is 0 Å². The van der Waals surface area contributed by atoms with Crippen LogP contribution >= 0.6 is 0 Å². The fourth-order valence-corrected chi connectivity index (χ4v) is 4.42. The highest BCUT2D eigenvalue weighted by Crippen LogP contribution is 2.36. The van der Waals surface area contributed by atoms with Gasteiger partial charge in [-0.25, -0.2) is 0 Å². The molecule has 2 aromatic rings. The summed E-state index contributed by atoms with van der Waals surface area (Å²) in [5.41, 5.74) is 8.57. The van der Waals surface area contributed by atoms with Gasteiger partial charge < -0.3 is 19.9 Å². The number of pyridine rings is 2. The molecule has 0 spiro atoms. The van der Waals surface area contributed by atoms with E-state index in [9.17, 15) is 14.4 Å². The van der Waals surface area contributed by atoms with Crippen molar-refractivity contribution in [1.82, 2.24) is 14.5 Å². The fourth-order valence-electron chi connectivity index (χ4n) is 4.42. The van der Waals surface area contributed by atoms with E-state index in [1.54, 1.807) is 23.4 Å². The van der Waals surface area contributed by atoms with Crippen molar-refractivity contribution < 1.29 is 14.3 Å². The Balaban J connectivity index is 1.60. The number of esters is 1. The lowest BCUT2D eigenvalue weighted by Crippen LogP contribution is -2.53. The van der Waals surface area contributed by atoms with E-state index >= 15 is 0 Å². The van der Waals surface area contributed by atoms with E-state index in [0.29, 0.717) is 19.6 Å². The third-order valence-electron chi connectivity index (χ3n) is 5.79. The van der Waals surface area contributed by atoms with Crippen LogP contribution in [-0.2, 0) is 20.9 Å². The Kier molecular flexibility index (Phi) is 5.19. The van der Waals surface area contributed by atoms with Crippen LogP contribution in [0, 0.1) is 5.92 Å². The third-order valence-corrected chi connectivity index (χ3v) is 5.79. The molecule has 2 bridgehead atoms. The number of ether oxygens (including phenoxy) is 1. The summed E-state index contributed by atoms with van der Waals surface area (Å²) in [6.07, 6.45) is 4.22. The first kappa shape index (κ1) is 19.3. The average Bonchev–Trinajstić information content (AvgIpc) is 2.74. The fraction of sp³-hybridized carbons (Fsp3) is 0.429. The molecule has 2 aliphatic rings. The quantitative estimate of drug-likeness (QED) is 0.764. The van der Waals surface area contributed by atoms with E-state index in [1.807, 2.05) is 22.8 Å². The zero-order chi connectivity index (χ0) is 20.5.